The van der Waals surface area contributed by atoms with Crippen molar-refractivity contribution in [2.45, 2.75) is 13.5 Å². The minimum atomic E-state index is 0.481. The van der Waals surface area contributed by atoms with E-state index in [0.717, 1.165) is 22.2 Å². The quantitative estimate of drug-likeness (QED) is 0.774. The van der Waals surface area contributed by atoms with E-state index < -0.39 is 0 Å². The van der Waals surface area contributed by atoms with Gasteiger partial charge in [0.1, 0.15) is 0 Å². The van der Waals surface area contributed by atoms with E-state index in [1.165, 1.54) is 0 Å². The second kappa shape index (κ2) is 3.46. The molecule has 1 heterocycles. The molecule has 0 aliphatic rings. The lowest BCUT2D eigenvalue weighted by Gasteiger charge is -1.96. The van der Waals surface area contributed by atoms with Crippen LogP contribution in [0.2, 0.25) is 10.0 Å². The molecule has 0 fully saturated rings. The summed E-state index contributed by atoms with van der Waals surface area (Å²) in [5, 5.41) is 2.33. The number of benzene rings is 1. The van der Waals surface area contributed by atoms with E-state index in [9.17, 15) is 0 Å². The van der Waals surface area contributed by atoms with E-state index in [1.54, 1.807) is 6.07 Å². The fourth-order valence-electron chi connectivity index (χ4n) is 1.61. The Morgan fingerprint density at radius 3 is 2.71 bits per heavy atom. The molecule has 0 atom stereocenters. The summed E-state index contributed by atoms with van der Waals surface area (Å²) >= 11 is 12.0. The van der Waals surface area contributed by atoms with Gasteiger partial charge in [-0.05, 0) is 24.6 Å². The third kappa shape index (κ3) is 1.40. The summed E-state index contributed by atoms with van der Waals surface area (Å²) in [6.07, 6.45) is 0. The third-order valence-corrected chi connectivity index (χ3v) is 2.91. The molecule has 0 unspecified atom stereocenters. The van der Waals surface area contributed by atoms with E-state index in [1.807, 2.05) is 13.0 Å². The van der Waals surface area contributed by atoms with Gasteiger partial charge in [-0.1, -0.05) is 23.2 Å². The molecule has 0 amide bonds. The van der Waals surface area contributed by atoms with Crippen LogP contribution in [0.15, 0.2) is 12.1 Å². The number of aromatic nitrogens is 1. The fraction of sp³-hybridized carbons (Fsp3) is 0.200. The molecule has 0 saturated heterocycles. The zero-order chi connectivity index (χ0) is 10.3. The number of hydrogen-bond acceptors (Lipinski definition) is 1. The number of aromatic amines is 1. The number of fused-ring (bicyclic) bond motifs is 1. The average Bonchev–Trinajstić information content (AvgIpc) is 2.44. The fourth-order valence-corrected chi connectivity index (χ4v) is 2.15. The summed E-state index contributed by atoms with van der Waals surface area (Å²) in [4.78, 5) is 3.19. The van der Waals surface area contributed by atoms with Crippen LogP contribution in [0.4, 0.5) is 0 Å². The van der Waals surface area contributed by atoms with Crippen molar-refractivity contribution in [1.82, 2.24) is 4.98 Å². The Morgan fingerprint density at radius 1 is 1.36 bits per heavy atom. The van der Waals surface area contributed by atoms with E-state index >= 15 is 0 Å². The van der Waals surface area contributed by atoms with Gasteiger partial charge in [0, 0.05) is 22.6 Å². The Hall–Kier alpha value is -0.700. The largest absolute Gasteiger partial charge is 0.356 e. The molecule has 0 bridgehead atoms. The van der Waals surface area contributed by atoms with Crippen LogP contribution in [0.1, 0.15) is 11.3 Å². The van der Waals surface area contributed by atoms with E-state index in [-0.39, 0.29) is 0 Å². The Bertz CT molecular complexity index is 488. The number of rotatable bonds is 1. The van der Waals surface area contributed by atoms with E-state index in [0.29, 0.717) is 16.6 Å². The van der Waals surface area contributed by atoms with Crippen LogP contribution in [-0.2, 0) is 6.54 Å². The smallest absolute Gasteiger partial charge is 0.0662 e. The van der Waals surface area contributed by atoms with Gasteiger partial charge in [0.25, 0.3) is 0 Å². The number of nitrogens with two attached hydrogens (primary N) is 1. The van der Waals surface area contributed by atoms with Crippen molar-refractivity contribution >= 4 is 34.1 Å². The van der Waals surface area contributed by atoms with Crippen molar-refractivity contribution in [3.05, 3.63) is 33.4 Å². The highest BCUT2D eigenvalue weighted by Crippen LogP contribution is 2.30. The maximum Gasteiger partial charge on any atom is 0.0662 e. The first-order chi connectivity index (χ1) is 6.63. The van der Waals surface area contributed by atoms with Crippen LogP contribution in [-0.4, -0.2) is 4.98 Å². The topological polar surface area (TPSA) is 41.8 Å². The van der Waals surface area contributed by atoms with E-state index in [2.05, 4.69) is 4.98 Å². The van der Waals surface area contributed by atoms with Crippen molar-refractivity contribution < 1.29 is 0 Å². The highest BCUT2D eigenvalue weighted by molar-refractivity contribution is 6.38. The Kier molecular flexibility index (Phi) is 2.43. The van der Waals surface area contributed by atoms with Gasteiger partial charge in [-0.25, -0.2) is 0 Å². The van der Waals surface area contributed by atoms with Crippen LogP contribution < -0.4 is 5.73 Å². The number of halogens is 2. The molecule has 0 aliphatic carbocycles. The third-order valence-electron chi connectivity index (χ3n) is 2.39. The van der Waals surface area contributed by atoms with Crippen LogP contribution in [0.5, 0.6) is 0 Å². The molecule has 3 N–H and O–H groups in total. The molecule has 2 nitrogen and oxygen atoms in total. The summed E-state index contributed by atoms with van der Waals surface area (Å²) in [7, 11) is 0. The molecule has 14 heavy (non-hydrogen) atoms. The normalized spacial score (nSPS) is 11.1. The summed E-state index contributed by atoms with van der Waals surface area (Å²) in [5.74, 6) is 0. The molecular weight excluding hydrogens is 219 g/mol. The van der Waals surface area contributed by atoms with Gasteiger partial charge >= 0.3 is 0 Å². The maximum atomic E-state index is 6.05. The molecular formula is C10H10Cl2N2. The SMILES string of the molecule is Cc1c(CN)[nH]c2c(Cl)cc(Cl)cc12. The highest BCUT2D eigenvalue weighted by Gasteiger charge is 2.09. The van der Waals surface area contributed by atoms with E-state index in [4.69, 9.17) is 28.9 Å². The summed E-state index contributed by atoms with van der Waals surface area (Å²) < 4.78 is 0. The second-order valence-electron chi connectivity index (χ2n) is 3.24. The first-order valence-corrected chi connectivity index (χ1v) is 5.05. The molecule has 0 spiro atoms. The van der Waals surface area contributed by atoms with Crippen LogP contribution in [0.25, 0.3) is 10.9 Å². The van der Waals surface area contributed by atoms with Gasteiger partial charge in [0.15, 0.2) is 0 Å². The molecule has 0 aliphatic heterocycles. The van der Waals surface area contributed by atoms with Gasteiger partial charge in [-0.3, -0.25) is 0 Å². The Morgan fingerprint density at radius 2 is 2.07 bits per heavy atom. The van der Waals surface area contributed by atoms with Gasteiger partial charge in [-0.15, -0.1) is 0 Å². The second-order valence-corrected chi connectivity index (χ2v) is 4.09. The molecule has 1 aromatic carbocycles. The lowest BCUT2D eigenvalue weighted by Crippen LogP contribution is -1.97. The molecule has 74 valence electrons. The minimum absolute atomic E-state index is 0.481. The van der Waals surface area contributed by atoms with Crippen molar-refractivity contribution in [2.24, 2.45) is 5.73 Å². The number of hydrogen-bond donors (Lipinski definition) is 2. The van der Waals surface area contributed by atoms with Crippen LogP contribution >= 0.6 is 23.2 Å². The molecule has 0 saturated carbocycles. The van der Waals surface area contributed by atoms with Gasteiger partial charge in [-0.2, -0.15) is 0 Å². The monoisotopic (exact) mass is 228 g/mol. The Labute approximate surface area is 92.0 Å². The van der Waals surface area contributed by atoms with Crippen LogP contribution in [0.3, 0.4) is 0 Å². The molecule has 0 radical (unpaired) electrons. The van der Waals surface area contributed by atoms with Gasteiger partial charge < -0.3 is 10.7 Å². The standard InChI is InChI=1S/C10H10Cl2N2/c1-5-7-2-6(11)3-8(12)10(7)14-9(5)4-13/h2-3,14H,4,13H2,1H3. The predicted octanol–water partition coefficient (Wildman–Crippen LogP) is 3.24. The summed E-state index contributed by atoms with van der Waals surface area (Å²) in [6, 6.07) is 3.62. The first-order valence-electron chi connectivity index (χ1n) is 4.29. The minimum Gasteiger partial charge on any atom is -0.356 e. The van der Waals surface area contributed by atoms with Gasteiger partial charge in [0.2, 0.25) is 0 Å². The van der Waals surface area contributed by atoms with Gasteiger partial charge in [0.05, 0.1) is 10.5 Å². The highest BCUT2D eigenvalue weighted by atomic mass is 35.5. The van der Waals surface area contributed by atoms with Crippen molar-refractivity contribution in [1.29, 1.82) is 0 Å². The lowest BCUT2D eigenvalue weighted by atomic mass is 10.1. The summed E-state index contributed by atoms with van der Waals surface area (Å²) in [6.45, 7) is 2.49. The van der Waals surface area contributed by atoms with Crippen molar-refractivity contribution in [2.75, 3.05) is 0 Å². The van der Waals surface area contributed by atoms with Crippen molar-refractivity contribution in [3.63, 3.8) is 0 Å². The Balaban J connectivity index is 2.85. The lowest BCUT2D eigenvalue weighted by molar-refractivity contribution is 1.00. The predicted molar refractivity (Wildman–Crippen MR) is 60.9 cm³/mol. The molecule has 2 aromatic rings. The molecule has 1 aromatic heterocycles. The first kappa shape index (κ1) is 9.84. The van der Waals surface area contributed by atoms with Crippen molar-refractivity contribution in [3.8, 4) is 0 Å². The molecule has 2 rings (SSSR count). The number of aryl methyl sites for hydroxylation is 1. The maximum absolute atomic E-state index is 6.05. The van der Waals surface area contributed by atoms with Crippen LogP contribution in [0, 0.1) is 6.92 Å². The summed E-state index contributed by atoms with van der Waals surface area (Å²) in [5.41, 5.74) is 8.63. The zero-order valence-electron chi connectivity index (χ0n) is 7.70. The number of nitrogens with one attached hydrogen (secondary N) is 1. The number of H-pyrrole nitrogens is 1. The molecule has 4 heteroatoms. The zero-order valence-corrected chi connectivity index (χ0v) is 9.21. The average molecular weight is 229 g/mol.